The Morgan fingerprint density at radius 3 is 2.64 bits per heavy atom. The van der Waals surface area contributed by atoms with Crippen molar-refractivity contribution in [1.29, 1.82) is 0 Å². The van der Waals surface area contributed by atoms with E-state index in [0.717, 1.165) is 45.1 Å². The molecule has 1 fully saturated rings. The topological polar surface area (TPSA) is 63.2 Å². The van der Waals surface area contributed by atoms with Gasteiger partial charge in [0.15, 0.2) is 6.04 Å². The highest BCUT2D eigenvalue weighted by Gasteiger charge is 2.33. The minimum Gasteiger partial charge on any atom is -1.00 e. The average molecular weight is 336 g/mol. The van der Waals surface area contributed by atoms with Crippen molar-refractivity contribution in [3.8, 4) is 0 Å². The minimum absolute atomic E-state index is 0. The van der Waals surface area contributed by atoms with Crippen molar-refractivity contribution < 1.29 is 32.4 Å². The monoisotopic (exact) mass is 335 g/mol. The predicted molar refractivity (Wildman–Crippen MR) is 83.7 cm³/mol. The van der Waals surface area contributed by atoms with Gasteiger partial charge in [0.2, 0.25) is 0 Å². The van der Waals surface area contributed by atoms with Gasteiger partial charge in [0.25, 0.3) is 0 Å². The van der Waals surface area contributed by atoms with Crippen LogP contribution in [0.5, 0.6) is 0 Å². The van der Waals surface area contributed by atoms with E-state index in [0.29, 0.717) is 11.8 Å². The molecule has 1 heterocycles. The Kier molecular flexibility index (Phi) is 11.1. The van der Waals surface area contributed by atoms with E-state index in [2.05, 4.69) is 26.5 Å². The molecule has 0 saturated carbocycles. The lowest BCUT2D eigenvalue weighted by Gasteiger charge is -2.31. The van der Waals surface area contributed by atoms with E-state index in [4.69, 9.17) is 9.47 Å². The number of quaternary nitrogens is 1. The second-order valence-corrected chi connectivity index (χ2v) is 6.81. The van der Waals surface area contributed by atoms with Crippen LogP contribution in [-0.2, 0) is 14.3 Å². The molecule has 22 heavy (non-hydrogen) atoms. The first-order valence-electron chi connectivity index (χ1n) is 8.60. The molecular weight excluding hydrogens is 302 g/mol. The highest BCUT2D eigenvalue weighted by molar-refractivity contribution is 5.74. The largest absolute Gasteiger partial charge is 1.00 e. The molecular formula is C17H34ClNO3. The van der Waals surface area contributed by atoms with Gasteiger partial charge in [-0.2, -0.15) is 0 Å². The third-order valence-electron chi connectivity index (χ3n) is 4.37. The van der Waals surface area contributed by atoms with Crippen LogP contribution in [-0.4, -0.2) is 30.8 Å². The molecule has 1 aliphatic heterocycles. The molecule has 0 aromatic rings. The second-order valence-electron chi connectivity index (χ2n) is 6.81. The molecule has 4 atom stereocenters. The van der Waals surface area contributed by atoms with Crippen molar-refractivity contribution in [2.24, 2.45) is 11.8 Å². The summed E-state index contributed by atoms with van der Waals surface area (Å²) in [6.45, 7) is 9.41. The summed E-state index contributed by atoms with van der Waals surface area (Å²) in [5.74, 6) is 0.814. The van der Waals surface area contributed by atoms with Gasteiger partial charge in [-0.15, -0.1) is 0 Å². The number of esters is 1. The summed E-state index contributed by atoms with van der Waals surface area (Å²) in [4.78, 5) is 12.0. The molecule has 1 saturated heterocycles. The first-order chi connectivity index (χ1) is 9.95. The zero-order valence-electron chi connectivity index (χ0n) is 14.6. The maximum absolute atomic E-state index is 12.0. The van der Waals surface area contributed by atoms with E-state index in [-0.39, 0.29) is 36.6 Å². The summed E-state index contributed by atoms with van der Waals surface area (Å²) in [6.07, 6.45) is 6.15. The number of halogens is 1. The summed E-state index contributed by atoms with van der Waals surface area (Å²) < 4.78 is 11.8. The van der Waals surface area contributed by atoms with Crippen molar-refractivity contribution in [3.63, 3.8) is 0 Å². The van der Waals surface area contributed by atoms with Gasteiger partial charge in [-0.1, -0.05) is 27.2 Å². The smallest absolute Gasteiger partial charge is 0.365 e. The molecule has 132 valence electrons. The van der Waals surface area contributed by atoms with Gasteiger partial charge in [-0.3, -0.25) is 0 Å². The van der Waals surface area contributed by atoms with Crippen molar-refractivity contribution in [1.82, 2.24) is 0 Å². The van der Waals surface area contributed by atoms with E-state index in [9.17, 15) is 4.79 Å². The summed E-state index contributed by atoms with van der Waals surface area (Å²) in [5, 5.41) is 0. The fourth-order valence-electron chi connectivity index (χ4n) is 2.99. The number of carbonyl (C=O) groups excluding carboxylic acids is 1. The number of ether oxygens (including phenoxy) is 2. The van der Waals surface area contributed by atoms with Crippen LogP contribution in [0.1, 0.15) is 66.2 Å². The lowest BCUT2D eigenvalue weighted by Crippen LogP contribution is -3.00. The normalized spacial score (nSPS) is 30.0. The van der Waals surface area contributed by atoms with Gasteiger partial charge in [-0.25, -0.2) is 4.79 Å². The summed E-state index contributed by atoms with van der Waals surface area (Å²) in [7, 11) is 0. The predicted octanol–water partition coefficient (Wildman–Crippen LogP) is -0.436. The van der Waals surface area contributed by atoms with E-state index in [1.54, 1.807) is 0 Å². The Bertz CT molecular complexity index is 312. The van der Waals surface area contributed by atoms with Crippen LogP contribution in [0.2, 0.25) is 0 Å². The fraction of sp³-hybridized carbons (Fsp3) is 0.941. The first kappa shape index (κ1) is 21.7. The molecule has 0 aromatic carbocycles. The Morgan fingerprint density at radius 1 is 1.36 bits per heavy atom. The van der Waals surface area contributed by atoms with Gasteiger partial charge in [0.05, 0.1) is 6.10 Å². The third-order valence-corrected chi connectivity index (χ3v) is 4.37. The van der Waals surface area contributed by atoms with Crippen molar-refractivity contribution in [2.45, 2.75) is 84.5 Å². The van der Waals surface area contributed by atoms with Gasteiger partial charge >= 0.3 is 5.97 Å². The van der Waals surface area contributed by atoms with Crippen molar-refractivity contribution in [3.05, 3.63) is 0 Å². The number of cyclic esters (lactones) is 1. The van der Waals surface area contributed by atoms with Crippen molar-refractivity contribution >= 4 is 5.97 Å². The SMILES string of the molecule is CCCO[C@H]1CCC[C@H]([NH3+])C(=O)O[C@@H](C)[C@@H]1CCC(C)C.[Cl-]. The summed E-state index contributed by atoms with van der Waals surface area (Å²) in [6, 6.07) is -0.233. The lowest BCUT2D eigenvalue weighted by molar-refractivity contribution is -0.410. The molecule has 1 rings (SSSR count). The molecule has 0 spiro atoms. The van der Waals surface area contributed by atoms with Crippen LogP contribution in [0.3, 0.4) is 0 Å². The third kappa shape index (κ3) is 7.30. The number of carbonyl (C=O) groups is 1. The highest BCUT2D eigenvalue weighted by Crippen LogP contribution is 2.28. The highest BCUT2D eigenvalue weighted by atomic mass is 35.5. The molecule has 0 unspecified atom stereocenters. The van der Waals surface area contributed by atoms with Crippen LogP contribution in [0, 0.1) is 11.8 Å². The van der Waals surface area contributed by atoms with Gasteiger partial charge < -0.3 is 27.6 Å². The van der Waals surface area contributed by atoms with Gasteiger partial charge in [-0.05, 0) is 38.5 Å². The van der Waals surface area contributed by atoms with Gasteiger partial charge in [0.1, 0.15) is 6.10 Å². The molecule has 0 bridgehead atoms. The molecule has 1 aliphatic rings. The number of hydrogen-bond donors (Lipinski definition) is 1. The van der Waals surface area contributed by atoms with Crippen molar-refractivity contribution in [2.75, 3.05) is 6.61 Å². The van der Waals surface area contributed by atoms with Crippen LogP contribution in [0.4, 0.5) is 0 Å². The fourth-order valence-corrected chi connectivity index (χ4v) is 2.99. The number of hydrogen-bond acceptors (Lipinski definition) is 3. The van der Waals surface area contributed by atoms with E-state index in [1.165, 1.54) is 0 Å². The molecule has 4 nitrogen and oxygen atoms in total. The molecule has 5 heteroatoms. The quantitative estimate of drug-likeness (QED) is 0.670. The molecule has 0 aromatic heterocycles. The first-order valence-corrected chi connectivity index (χ1v) is 8.60. The Labute approximate surface area is 141 Å². The molecule has 3 N–H and O–H groups in total. The average Bonchev–Trinajstić information content (AvgIpc) is 2.46. The second kappa shape index (κ2) is 11.3. The standard InChI is InChI=1S/C17H33NO3.ClH/c1-5-11-20-16-8-6-7-15(18)17(19)21-13(4)14(16)10-9-12(2)3;/h12-16H,5-11,18H2,1-4H3;1H/t13-,14-,15-,16-;/m0./s1. The van der Waals surface area contributed by atoms with Crippen LogP contribution in [0.15, 0.2) is 0 Å². The van der Waals surface area contributed by atoms with E-state index in [1.807, 2.05) is 6.92 Å². The van der Waals surface area contributed by atoms with Gasteiger partial charge in [0, 0.05) is 18.9 Å². The van der Waals surface area contributed by atoms with E-state index < -0.39 is 0 Å². The van der Waals surface area contributed by atoms with Crippen LogP contribution in [0.25, 0.3) is 0 Å². The minimum atomic E-state index is -0.233. The lowest BCUT2D eigenvalue weighted by atomic mass is 9.86. The Balaban J connectivity index is 0.00000441. The molecule has 0 aliphatic carbocycles. The van der Waals surface area contributed by atoms with E-state index >= 15 is 0 Å². The zero-order chi connectivity index (χ0) is 15.8. The number of rotatable bonds is 6. The van der Waals surface area contributed by atoms with Crippen LogP contribution >= 0.6 is 0 Å². The summed E-state index contributed by atoms with van der Waals surface area (Å²) >= 11 is 0. The molecule has 0 radical (unpaired) electrons. The summed E-state index contributed by atoms with van der Waals surface area (Å²) in [5.41, 5.74) is 3.93. The Hall–Kier alpha value is -0.320. The molecule has 0 amide bonds. The maximum Gasteiger partial charge on any atom is 0.365 e. The maximum atomic E-state index is 12.0. The Morgan fingerprint density at radius 2 is 2.05 bits per heavy atom. The van der Waals surface area contributed by atoms with Crippen LogP contribution < -0.4 is 18.1 Å². The zero-order valence-corrected chi connectivity index (χ0v) is 15.4.